The monoisotopic (exact) mass is 457 g/mol. The number of hydrogen-bond donors (Lipinski definition) is 1. The number of aromatic hydroxyl groups is 1. The number of nitrogens with zero attached hydrogens (tertiary/aromatic N) is 1. The van der Waals surface area contributed by atoms with E-state index in [1.165, 1.54) is 25.3 Å². The number of rotatable bonds is 7. The Bertz CT molecular complexity index is 1270. The van der Waals surface area contributed by atoms with Crippen LogP contribution in [-0.4, -0.2) is 36.2 Å². The largest absolute Gasteiger partial charge is 0.508 e. The molecule has 4 aromatic carbocycles. The van der Waals surface area contributed by atoms with Gasteiger partial charge in [-0.15, -0.1) is 0 Å². The maximum absolute atomic E-state index is 14.6. The molecule has 1 heterocycles. The first-order chi connectivity index (χ1) is 16.7. The van der Waals surface area contributed by atoms with E-state index in [4.69, 9.17) is 9.47 Å². The fourth-order valence-corrected chi connectivity index (χ4v) is 4.49. The van der Waals surface area contributed by atoms with Crippen molar-refractivity contribution in [1.29, 1.82) is 0 Å². The number of halogens is 1. The van der Waals surface area contributed by atoms with Crippen LogP contribution in [0.2, 0.25) is 0 Å². The van der Waals surface area contributed by atoms with E-state index in [2.05, 4.69) is 4.90 Å². The fraction of sp³-hybridized carbons (Fsp3) is 0.241. The van der Waals surface area contributed by atoms with Crippen molar-refractivity contribution in [2.45, 2.75) is 19.3 Å². The molecule has 1 saturated heterocycles. The first kappa shape index (κ1) is 22.2. The van der Waals surface area contributed by atoms with Crippen molar-refractivity contribution in [3.05, 3.63) is 84.7 Å². The molecule has 5 rings (SSSR count). The first-order valence-electron chi connectivity index (χ1n) is 11.8. The number of likely N-dealkylation sites (tertiary alicyclic amines) is 1. The molecule has 1 aliphatic heterocycles. The summed E-state index contributed by atoms with van der Waals surface area (Å²) in [6.07, 6.45) is 3.87. The minimum Gasteiger partial charge on any atom is -0.508 e. The van der Waals surface area contributed by atoms with Gasteiger partial charge in [0.05, 0.1) is 0 Å². The van der Waals surface area contributed by atoms with Crippen LogP contribution in [0.1, 0.15) is 19.3 Å². The average molecular weight is 458 g/mol. The molecule has 5 heteroatoms. The Kier molecular flexibility index (Phi) is 6.63. The molecule has 0 amide bonds. The second-order valence-corrected chi connectivity index (χ2v) is 8.65. The van der Waals surface area contributed by atoms with Crippen LogP contribution in [0.3, 0.4) is 0 Å². The number of piperidine rings is 1. The number of phenolic OH excluding ortho intramolecular Hbond substituents is 1. The third kappa shape index (κ3) is 5.00. The van der Waals surface area contributed by atoms with Crippen molar-refractivity contribution in [2.75, 3.05) is 26.2 Å². The highest BCUT2D eigenvalue weighted by atomic mass is 19.1. The summed E-state index contributed by atoms with van der Waals surface area (Å²) >= 11 is 0. The van der Waals surface area contributed by atoms with Gasteiger partial charge in [0.1, 0.15) is 35.4 Å². The molecule has 4 aromatic rings. The molecule has 174 valence electrons. The Hall–Kier alpha value is -3.57. The smallest absolute Gasteiger partial charge is 0.143 e. The lowest BCUT2D eigenvalue weighted by Crippen LogP contribution is -2.33. The molecule has 0 unspecified atom stereocenters. The second-order valence-electron chi connectivity index (χ2n) is 8.65. The zero-order valence-corrected chi connectivity index (χ0v) is 19.0. The zero-order valence-electron chi connectivity index (χ0n) is 19.0. The van der Waals surface area contributed by atoms with Gasteiger partial charge < -0.3 is 14.6 Å². The van der Waals surface area contributed by atoms with E-state index in [-0.39, 0.29) is 11.6 Å². The Morgan fingerprint density at radius 3 is 2.35 bits per heavy atom. The Balaban J connectivity index is 1.38. The summed E-state index contributed by atoms with van der Waals surface area (Å²) in [5, 5.41) is 11.5. The van der Waals surface area contributed by atoms with Gasteiger partial charge in [0.15, 0.2) is 0 Å². The molecule has 0 saturated carbocycles. The number of ether oxygens (including phenoxy) is 2. The van der Waals surface area contributed by atoms with Gasteiger partial charge in [-0.05, 0) is 85.9 Å². The highest BCUT2D eigenvalue weighted by Gasteiger charge is 2.16. The van der Waals surface area contributed by atoms with E-state index in [9.17, 15) is 9.50 Å². The van der Waals surface area contributed by atoms with Crippen molar-refractivity contribution < 1.29 is 19.0 Å². The van der Waals surface area contributed by atoms with Crippen molar-refractivity contribution in [3.63, 3.8) is 0 Å². The van der Waals surface area contributed by atoms with Crippen molar-refractivity contribution >= 4 is 10.8 Å². The quantitative estimate of drug-likeness (QED) is 0.324. The van der Waals surface area contributed by atoms with Crippen LogP contribution in [0.5, 0.6) is 23.0 Å². The number of hydrogen-bond acceptors (Lipinski definition) is 4. The summed E-state index contributed by atoms with van der Waals surface area (Å²) in [7, 11) is 0. The molecule has 1 fully saturated rings. The van der Waals surface area contributed by atoms with Crippen molar-refractivity contribution in [3.8, 4) is 34.1 Å². The maximum atomic E-state index is 14.6. The van der Waals surface area contributed by atoms with Gasteiger partial charge in [-0.1, -0.05) is 30.7 Å². The zero-order chi connectivity index (χ0) is 23.3. The molecule has 0 aromatic heterocycles. The summed E-state index contributed by atoms with van der Waals surface area (Å²) in [5.74, 6) is 1.82. The summed E-state index contributed by atoms with van der Waals surface area (Å²) in [5.41, 5.74) is 1.11. The van der Waals surface area contributed by atoms with Crippen LogP contribution in [0.4, 0.5) is 4.39 Å². The predicted molar refractivity (Wildman–Crippen MR) is 133 cm³/mol. The van der Waals surface area contributed by atoms with E-state index < -0.39 is 0 Å². The minimum absolute atomic E-state index is 0.170. The van der Waals surface area contributed by atoms with Crippen molar-refractivity contribution in [2.24, 2.45) is 0 Å². The lowest BCUT2D eigenvalue weighted by atomic mass is 9.99. The van der Waals surface area contributed by atoms with Crippen LogP contribution in [0.25, 0.3) is 21.9 Å². The van der Waals surface area contributed by atoms with Crippen LogP contribution < -0.4 is 9.47 Å². The molecular formula is C29H28FNO3. The summed E-state index contributed by atoms with van der Waals surface area (Å²) in [6, 6.07) is 22.9. The fourth-order valence-electron chi connectivity index (χ4n) is 4.49. The molecule has 0 bridgehead atoms. The minimum atomic E-state index is -0.317. The molecule has 0 spiro atoms. The number of phenols is 1. The lowest BCUT2D eigenvalue weighted by Gasteiger charge is -2.26. The van der Waals surface area contributed by atoms with Gasteiger partial charge in [0.2, 0.25) is 0 Å². The number of benzene rings is 4. The van der Waals surface area contributed by atoms with Crippen LogP contribution in [0, 0.1) is 5.82 Å². The van der Waals surface area contributed by atoms with Gasteiger partial charge in [0, 0.05) is 23.1 Å². The second kappa shape index (κ2) is 10.1. The molecule has 1 N–H and O–H groups in total. The Morgan fingerprint density at radius 2 is 1.56 bits per heavy atom. The molecule has 0 aliphatic carbocycles. The Morgan fingerprint density at radius 1 is 0.794 bits per heavy atom. The maximum Gasteiger partial charge on any atom is 0.143 e. The standard InChI is InChI=1S/C29H28FNO3/c30-28-7-3-2-6-26(28)27-14-8-21-20-22(32)9-15-25(21)29(27)34-24-12-10-23(11-13-24)33-19-18-31-16-4-1-5-17-31/h2-3,6-15,20,32H,1,4-5,16-19H2. The molecule has 0 radical (unpaired) electrons. The van der Waals surface area contributed by atoms with E-state index in [1.807, 2.05) is 36.4 Å². The van der Waals surface area contributed by atoms with Gasteiger partial charge >= 0.3 is 0 Å². The summed E-state index contributed by atoms with van der Waals surface area (Å²) in [6.45, 7) is 3.91. The Labute approximate surface area is 199 Å². The molecule has 4 nitrogen and oxygen atoms in total. The van der Waals surface area contributed by atoms with Gasteiger partial charge in [-0.25, -0.2) is 4.39 Å². The molecule has 34 heavy (non-hydrogen) atoms. The topological polar surface area (TPSA) is 41.9 Å². The third-order valence-electron chi connectivity index (χ3n) is 6.29. The van der Waals surface area contributed by atoms with Gasteiger partial charge in [0.25, 0.3) is 0 Å². The van der Waals surface area contributed by atoms with Gasteiger partial charge in [-0.3, -0.25) is 4.90 Å². The summed E-state index contributed by atoms with van der Waals surface area (Å²) in [4.78, 5) is 2.45. The van der Waals surface area contributed by atoms with Crippen LogP contribution in [0.15, 0.2) is 78.9 Å². The van der Waals surface area contributed by atoms with E-state index >= 15 is 0 Å². The van der Waals surface area contributed by atoms with Crippen LogP contribution >= 0.6 is 0 Å². The summed E-state index contributed by atoms with van der Waals surface area (Å²) < 4.78 is 26.9. The highest BCUT2D eigenvalue weighted by Crippen LogP contribution is 2.41. The normalized spacial score (nSPS) is 14.3. The molecule has 0 atom stereocenters. The predicted octanol–water partition coefficient (Wildman–Crippen LogP) is 7.01. The van der Waals surface area contributed by atoms with Gasteiger partial charge in [-0.2, -0.15) is 0 Å². The lowest BCUT2D eigenvalue weighted by molar-refractivity contribution is 0.183. The highest BCUT2D eigenvalue weighted by molar-refractivity contribution is 5.96. The SMILES string of the molecule is Oc1ccc2c(Oc3ccc(OCCN4CCCCC4)cc3)c(-c3ccccc3F)ccc2c1. The average Bonchev–Trinajstić information content (AvgIpc) is 2.86. The van der Waals surface area contributed by atoms with E-state index in [0.29, 0.717) is 29.2 Å². The van der Waals surface area contributed by atoms with E-state index in [0.717, 1.165) is 36.2 Å². The van der Waals surface area contributed by atoms with Crippen LogP contribution in [-0.2, 0) is 0 Å². The first-order valence-corrected chi connectivity index (χ1v) is 11.8. The molecular weight excluding hydrogens is 429 g/mol. The third-order valence-corrected chi connectivity index (χ3v) is 6.29. The molecule has 1 aliphatic rings. The van der Waals surface area contributed by atoms with E-state index in [1.54, 1.807) is 36.4 Å². The number of fused-ring (bicyclic) bond motifs is 1. The van der Waals surface area contributed by atoms with Crippen molar-refractivity contribution in [1.82, 2.24) is 4.90 Å².